The molecule has 0 radical (unpaired) electrons. The number of anilines is 1. The first kappa shape index (κ1) is 18.0. The van der Waals surface area contributed by atoms with Crippen LogP contribution in [0.3, 0.4) is 0 Å². The van der Waals surface area contributed by atoms with E-state index in [4.69, 9.17) is 9.15 Å². The Balaban J connectivity index is 1.67. The van der Waals surface area contributed by atoms with Crippen LogP contribution < -0.4 is 10.1 Å². The lowest BCUT2D eigenvalue weighted by atomic mass is 10.1. The number of nitrogens with one attached hydrogen (secondary N) is 1. The van der Waals surface area contributed by atoms with Crippen LogP contribution in [0, 0.1) is 10.1 Å². The number of ether oxygens (including phenoxy) is 1. The van der Waals surface area contributed by atoms with Crippen molar-refractivity contribution in [2.24, 2.45) is 0 Å². The highest BCUT2D eigenvalue weighted by Crippen LogP contribution is 2.36. The molecule has 1 aliphatic rings. The second-order valence-electron chi connectivity index (χ2n) is 5.70. The van der Waals surface area contributed by atoms with Crippen LogP contribution in [-0.2, 0) is 0 Å². The Bertz CT molecular complexity index is 1050. The molecule has 142 valence electrons. The zero-order valence-corrected chi connectivity index (χ0v) is 15.5. The molecule has 0 spiro atoms. The number of rotatable bonds is 5. The molecular weight excluding hydrogens is 382 g/mol. The molecule has 2 aromatic heterocycles. The minimum absolute atomic E-state index is 0.316. The Morgan fingerprint density at radius 2 is 2.14 bits per heavy atom. The summed E-state index contributed by atoms with van der Waals surface area (Å²) in [5.74, 6) is 1.21. The lowest BCUT2D eigenvalue weighted by molar-refractivity contribution is -0.402. The number of nitrogens with zero attached hydrogens (tertiary/aromatic N) is 4. The van der Waals surface area contributed by atoms with Crippen LogP contribution in [0.5, 0.6) is 5.88 Å². The summed E-state index contributed by atoms with van der Waals surface area (Å²) in [6, 6.07) is 10.4. The summed E-state index contributed by atoms with van der Waals surface area (Å²) in [5, 5.41) is 23.0. The van der Waals surface area contributed by atoms with Gasteiger partial charge in [0, 0.05) is 11.3 Å². The molecule has 1 aliphatic heterocycles. The van der Waals surface area contributed by atoms with Crippen molar-refractivity contribution in [3.05, 3.63) is 58.3 Å². The standard InChI is InChI=1S/C18H15N5O4S/c1-2-28-18-20-17-16(21-22-18)12-5-3-4-6-13(12)19-14(27-17)9-7-11-8-10-15(26-11)23(24)25/h3-10,14,19H,2H2,1H3/b9-7+. The largest absolute Gasteiger partial charge is 0.448 e. The number of hydrogen-bond donors (Lipinski definition) is 1. The summed E-state index contributed by atoms with van der Waals surface area (Å²) in [4.78, 5) is 14.6. The Morgan fingerprint density at radius 3 is 2.93 bits per heavy atom. The van der Waals surface area contributed by atoms with E-state index in [2.05, 4.69) is 20.5 Å². The van der Waals surface area contributed by atoms with E-state index in [1.54, 1.807) is 12.2 Å². The lowest BCUT2D eigenvalue weighted by Gasteiger charge is -2.15. The normalized spacial score (nSPS) is 15.2. The van der Waals surface area contributed by atoms with Gasteiger partial charge in [0.25, 0.3) is 0 Å². The topological polar surface area (TPSA) is 116 Å². The average Bonchev–Trinajstić information content (AvgIpc) is 3.11. The van der Waals surface area contributed by atoms with Gasteiger partial charge in [0.1, 0.15) is 10.7 Å². The van der Waals surface area contributed by atoms with Gasteiger partial charge in [0.05, 0.1) is 6.07 Å². The van der Waals surface area contributed by atoms with E-state index in [-0.39, 0.29) is 5.88 Å². The van der Waals surface area contributed by atoms with E-state index in [1.807, 2.05) is 31.2 Å². The first-order chi connectivity index (χ1) is 13.6. The van der Waals surface area contributed by atoms with Gasteiger partial charge in [0.2, 0.25) is 11.0 Å². The lowest BCUT2D eigenvalue weighted by Crippen LogP contribution is -2.23. The van der Waals surface area contributed by atoms with E-state index >= 15 is 0 Å². The number of hydrogen-bond acceptors (Lipinski definition) is 9. The molecular formula is C18H15N5O4S. The third-order valence-electron chi connectivity index (χ3n) is 3.86. The molecule has 1 aromatic carbocycles. The third kappa shape index (κ3) is 3.67. The maximum atomic E-state index is 10.8. The van der Waals surface area contributed by atoms with Gasteiger partial charge in [-0.15, -0.1) is 10.2 Å². The molecule has 1 unspecified atom stereocenters. The van der Waals surface area contributed by atoms with Crippen LogP contribution in [0.1, 0.15) is 12.7 Å². The SMILES string of the molecule is CCSc1nnc2c(n1)OC(/C=C/c1ccc([N+](=O)[O-])o1)Nc1ccccc1-2. The molecule has 9 nitrogen and oxygen atoms in total. The Morgan fingerprint density at radius 1 is 1.29 bits per heavy atom. The number of thioether (sulfide) groups is 1. The predicted molar refractivity (Wildman–Crippen MR) is 104 cm³/mol. The Labute approximate surface area is 164 Å². The fraction of sp³-hybridized carbons (Fsp3) is 0.167. The van der Waals surface area contributed by atoms with Crippen molar-refractivity contribution in [1.82, 2.24) is 15.2 Å². The Kier molecular flexibility index (Phi) is 4.94. The second kappa shape index (κ2) is 7.69. The molecule has 3 aromatic rings. The van der Waals surface area contributed by atoms with Crippen molar-refractivity contribution < 1.29 is 14.1 Å². The molecule has 10 heteroatoms. The molecule has 1 atom stereocenters. The fourth-order valence-corrected chi connectivity index (χ4v) is 3.16. The fourth-order valence-electron chi connectivity index (χ4n) is 2.66. The van der Waals surface area contributed by atoms with Crippen LogP contribution in [0.2, 0.25) is 0 Å². The smallest absolute Gasteiger partial charge is 0.433 e. The van der Waals surface area contributed by atoms with Gasteiger partial charge in [-0.25, -0.2) is 0 Å². The summed E-state index contributed by atoms with van der Waals surface area (Å²) in [6.07, 6.45) is 2.72. The summed E-state index contributed by atoms with van der Waals surface area (Å²) < 4.78 is 11.1. The molecule has 4 rings (SSSR count). The van der Waals surface area contributed by atoms with Gasteiger partial charge in [0.15, 0.2) is 11.9 Å². The van der Waals surface area contributed by atoms with E-state index in [0.29, 0.717) is 22.5 Å². The number of furan rings is 1. The quantitative estimate of drug-likeness (QED) is 0.387. The van der Waals surface area contributed by atoms with Crippen molar-refractivity contribution in [1.29, 1.82) is 0 Å². The molecule has 0 fully saturated rings. The molecule has 0 amide bonds. The molecule has 0 saturated heterocycles. The van der Waals surface area contributed by atoms with Crippen LogP contribution in [0.15, 0.2) is 52.0 Å². The highest BCUT2D eigenvalue weighted by Gasteiger charge is 2.23. The maximum Gasteiger partial charge on any atom is 0.433 e. The number of nitro groups is 1. The summed E-state index contributed by atoms with van der Waals surface area (Å²) in [6.45, 7) is 2.01. The Hall–Kier alpha value is -3.40. The molecule has 0 saturated carbocycles. The number of benzene rings is 1. The highest BCUT2D eigenvalue weighted by molar-refractivity contribution is 7.99. The number of fused-ring (bicyclic) bond motifs is 3. The predicted octanol–water partition coefficient (Wildman–Crippen LogP) is 4.00. The highest BCUT2D eigenvalue weighted by atomic mass is 32.2. The monoisotopic (exact) mass is 397 g/mol. The van der Waals surface area contributed by atoms with Crippen LogP contribution in [-0.4, -0.2) is 32.1 Å². The van der Waals surface area contributed by atoms with Crippen LogP contribution in [0.4, 0.5) is 11.6 Å². The molecule has 0 aliphatic carbocycles. The summed E-state index contributed by atoms with van der Waals surface area (Å²) in [7, 11) is 0. The van der Waals surface area contributed by atoms with Gasteiger partial charge in [-0.3, -0.25) is 10.1 Å². The van der Waals surface area contributed by atoms with Gasteiger partial charge in [-0.2, -0.15) is 4.98 Å². The third-order valence-corrected chi connectivity index (χ3v) is 4.57. The van der Waals surface area contributed by atoms with Crippen molar-refractivity contribution in [2.75, 3.05) is 11.1 Å². The average molecular weight is 397 g/mol. The molecule has 28 heavy (non-hydrogen) atoms. The first-order valence-electron chi connectivity index (χ1n) is 8.46. The van der Waals surface area contributed by atoms with Gasteiger partial charge >= 0.3 is 5.88 Å². The van der Waals surface area contributed by atoms with Crippen molar-refractivity contribution in [2.45, 2.75) is 18.3 Å². The number of para-hydroxylation sites is 1. The summed E-state index contributed by atoms with van der Waals surface area (Å²) >= 11 is 1.47. The van der Waals surface area contributed by atoms with E-state index in [0.717, 1.165) is 17.0 Å². The second-order valence-corrected chi connectivity index (χ2v) is 6.93. The molecule has 0 bridgehead atoms. The van der Waals surface area contributed by atoms with Gasteiger partial charge in [-0.05, 0) is 30.0 Å². The van der Waals surface area contributed by atoms with E-state index in [1.165, 1.54) is 23.9 Å². The van der Waals surface area contributed by atoms with Gasteiger partial charge in [-0.1, -0.05) is 36.9 Å². The van der Waals surface area contributed by atoms with E-state index < -0.39 is 11.2 Å². The van der Waals surface area contributed by atoms with Crippen molar-refractivity contribution in [3.63, 3.8) is 0 Å². The maximum absolute atomic E-state index is 10.8. The first-order valence-corrected chi connectivity index (χ1v) is 9.45. The molecule has 3 heterocycles. The molecule has 1 N–H and O–H groups in total. The zero-order chi connectivity index (χ0) is 19.5. The zero-order valence-electron chi connectivity index (χ0n) is 14.7. The minimum atomic E-state index is -0.584. The van der Waals surface area contributed by atoms with E-state index in [9.17, 15) is 10.1 Å². The van der Waals surface area contributed by atoms with Crippen molar-refractivity contribution in [3.8, 4) is 17.1 Å². The van der Waals surface area contributed by atoms with Crippen molar-refractivity contribution >= 4 is 29.4 Å². The van der Waals surface area contributed by atoms with Crippen LogP contribution >= 0.6 is 11.8 Å². The van der Waals surface area contributed by atoms with Crippen LogP contribution in [0.25, 0.3) is 17.3 Å². The van der Waals surface area contributed by atoms with Gasteiger partial charge < -0.3 is 14.5 Å². The minimum Gasteiger partial charge on any atom is -0.448 e. The number of aromatic nitrogens is 3. The summed E-state index contributed by atoms with van der Waals surface area (Å²) in [5.41, 5.74) is 2.19.